The van der Waals surface area contributed by atoms with E-state index in [0.29, 0.717) is 6.42 Å². The van der Waals surface area contributed by atoms with E-state index in [9.17, 15) is 9.59 Å². The zero-order chi connectivity index (χ0) is 13.4. The highest BCUT2D eigenvalue weighted by molar-refractivity contribution is 7.14. The van der Waals surface area contributed by atoms with Crippen LogP contribution in [0.15, 0.2) is 12.1 Å². The van der Waals surface area contributed by atoms with Gasteiger partial charge in [-0.2, -0.15) is 0 Å². The second-order valence-corrected chi connectivity index (χ2v) is 5.71. The molecule has 0 radical (unpaired) electrons. The quantitative estimate of drug-likeness (QED) is 0.580. The van der Waals surface area contributed by atoms with Crippen molar-refractivity contribution in [2.45, 2.75) is 46.0 Å². The van der Waals surface area contributed by atoms with Crippen molar-refractivity contribution >= 4 is 23.0 Å². The number of nitrogens with one attached hydrogen (secondary N) is 1. The van der Waals surface area contributed by atoms with Gasteiger partial charge in [0.2, 0.25) is 5.91 Å². The largest absolute Gasteiger partial charge is 0.349 e. The van der Waals surface area contributed by atoms with Crippen LogP contribution in [0.1, 0.15) is 53.6 Å². The predicted octanol–water partition coefficient (Wildman–Crippen LogP) is 3.33. The Balaban J connectivity index is 2.20. The summed E-state index contributed by atoms with van der Waals surface area (Å²) in [5.41, 5.74) is 0. The van der Waals surface area contributed by atoms with Crippen LogP contribution in [0.2, 0.25) is 0 Å². The summed E-state index contributed by atoms with van der Waals surface area (Å²) in [5.74, 6) is -0.0252. The molecule has 3 nitrogen and oxygen atoms in total. The second kappa shape index (κ2) is 8.03. The number of hydrogen-bond donors (Lipinski definition) is 1. The number of aryl methyl sites for hydroxylation is 1. The average molecular weight is 267 g/mol. The molecule has 1 N–H and O–H groups in total. The fraction of sp³-hybridized carbons (Fsp3) is 0.571. The molecular weight excluding hydrogens is 246 g/mol. The first-order valence-corrected chi connectivity index (χ1v) is 7.31. The number of carbonyl (C=O) groups excluding carboxylic acids is 2. The molecule has 0 spiro atoms. The zero-order valence-corrected chi connectivity index (χ0v) is 11.9. The van der Waals surface area contributed by atoms with Crippen molar-refractivity contribution in [2.24, 2.45) is 0 Å². The van der Waals surface area contributed by atoms with Crippen molar-refractivity contribution in [3.63, 3.8) is 0 Å². The Bertz CT molecular complexity index is 398. The molecule has 1 amide bonds. The molecule has 0 saturated carbocycles. The van der Waals surface area contributed by atoms with Crippen molar-refractivity contribution in [3.8, 4) is 0 Å². The Morgan fingerprint density at radius 2 is 2.00 bits per heavy atom. The maximum absolute atomic E-state index is 11.7. The second-order valence-electron chi connectivity index (χ2n) is 4.42. The lowest BCUT2D eigenvalue weighted by molar-refractivity contribution is -0.121. The molecule has 0 atom stereocenters. The standard InChI is InChI=1S/C14H21NO2S/c1-3-4-5-6-7-14(17)15-10-12(16)13-9-8-11(2)18-13/h8-9H,3-7,10H2,1-2H3,(H,15,17). The van der Waals surface area contributed by atoms with Gasteiger partial charge in [0, 0.05) is 11.3 Å². The van der Waals surface area contributed by atoms with Crippen LogP contribution in [-0.2, 0) is 4.79 Å². The predicted molar refractivity (Wildman–Crippen MR) is 75.2 cm³/mol. The van der Waals surface area contributed by atoms with Crippen LogP contribution in [0, 0.1) is 6.92 Å². The van der Waals surface area contributed by atoms with Gasteiger partial charge in [0.15, 0.2) is 5.78 Å². The molecule has 0 aliphatic carbocycles. The Hall–Kier alpha value is -1.16. The van der Waals surface area contributed by atoms with Crippen molar-refractivity contribution in [2.75, 3.05) is 6.54 Å². The molecule has 1 aromatic heterocycles. The lowest BCUT2D eigenvalue weighted by atomic mass is 10.1. The Kier molecular flexibility index (Phi) is 6.65. The Morgan fingerprint density at radius 1 is 1.22 bits per heavy atom. The minimum Gasteiger partial charge on any atom is -0.349 e. The van der Waals surface area contributed by atoms with E-state index in [1.165, 1.54) is 17.8 Å². The van der Waals surface area contributed by atoms with Gasteiger partial charge in [-0.3, -0.25) is 9.59 Å². The van der Waals surface area contributed by atoms with E-state index in [2.05, 4.69) is 12.2 Å². The summed E-state index contributed by atoms with van der Waals surface area (Å²) in [6.07, 6.45) is 4.85. The zero-order valence-electron chi connectivity index (χ0n) is 11.1. The lowest BCUT2D eigenvalue weighted by Crippen LogP contribution is -2.28. The number of ketones is 1. The highest BCUT2D eigenvalue weighted by atomic mass is 32.1. The van der Waals surface area contributed by atoms with E-state index in [-0.39, 0.29) is 18.2 Å². The summed E-state index contributed by atoms with van der Waals surface area (Å²) >= 11 is 1.47. The molecule has 0 bridgehead atoms. The van der Waals surface area contributed by atoms with Gasteiger partial charge in [0.1, 0.15) is 0 Å². The van der Waals surface area contributed by atoms with Crippen LogP contribution >= 0.6 is 11.3 Å². The third-order valence-corrected chi connectivity index (χ3v) is 3.76. The summed E-state index contributed by atoms with van der Waals surface area (Å²) in [4.78, 5) is 25.1. The average Bonchev–Trinajstić information content (AvgIpc) is 2.78. The number of unbranched alkanes of at least 4 members (excludes halogenated alkanes) is 3. The third-order valence-electron chi connectivity index (χ3n) is 2.72. The molecule has 18 heavy (non-hydrogen) atoms. The molecule has 1 rings (SSSR count). The van der Waals surface area contributed by atoms with Gasteiger partial charge >= 0.3 is 0 Å². The Labute approximate surface area is 113 Å². The van der Waals surface area contributed by atoms with Crippen LogP contribution < -0.4 is 5.32 Å². The van der Waals surface area contributed by atoms with Gasteiger partial charge in [0.05, 0.1) is 11.4 Å². The van der Waals surface area contributed by atoms with Crippen molar-refractivity contribution < 1.29 is 9.59 Å². The van der Waals surface area contributed by atoms with Crippen LogP contribution in [0.5, 0.6) is 0 Å². The van der Waals surface area contributed by atoms with E-state index in [1.54, 1.807) is 0 Å². The third kappa shape index (κ3) is 5.45. The molecule has 0 unspecified atom stereocenters. The first kappa shape index (κ1) is 14.9. The molecule has 100 valence electrons. The summed E-state index contributed by atoms with van der Waals surface area (Å²) in [6, 6.07) is 3.74. The summed E-state index contributed by atoms with van der Waals surface area (Å²) in [6.45, 7) is 4.22. The van der Waals surface area contributed by atoms with Gasteiger partial charge in [0.25, 0.3) is 0 Å². The minimum atomic E-state index is -0.0206. The Morgan fingerprint density at radius 3 is 2.61 bits per heavy atom. The number of rotatable bonds is 8. The fourth-order valence-electron chi connectivity index (χ4n) is 1.65. The molecule has 0 aromatic carbocycles. The lowest BCUT2D eigenvalue weighted by Gasteiger charge is -2.03. The molecule has 4 heteroatoms. The normalized spacial score (nSPS) is 10.3. The van der Waals surface area contributed by atoms with Gasteiger partial charge in [-0.05, 0) is 25.5 Å². The van der Waals surface area contributed by atoms with Crippen molar-refractivity contribution in [1.29, 1.82) is 0 Å². The SMILES string of the molecule is CCCCCCC(=O)NCC(=O)c1ccc(C)s1. The van der Waals surface area contributed by atoms with E-state index in [0.717, 1.165) is 29.0 Å². The highest BCUT2D eigenvalue weighted by Crippen LogP contribution is 2.15. The highest BCUT2D eigenvalue weighted by Gasteiger charge is 2.09. The van der Waals surface area contributed by atoms with E-state index in [1.807, 2.05) is 19.1 Å². The van der Waals surface area contributed by atoms with Crippen LogP contribution in [0.25, 0.3) is 0 Å². The molecule has 1 heterocycles. The van der Waals surface area contributed by atoms with Crippen molar-refractivity contribution in [3.05, 3.63) is 21.9 Å². The van der Waals surface area contributed by atoms with Crippen molar-refractivity contribution in [1.82, 2.24) is 5.32 Å². The molecule has 0 aliphatic heterocycles. The molecular formula is C14H21NO2S. The number of carbonyl (C=O) groups is 2. The smallest absolute Gasteiger partial charge is 0.220 e. The van der Waals surface area contributed by atoms with Gasteiger partial charge < -0.3 is 5.32 Å². The van der Waals surface area contributed by atoms with Gasteiger partial charge in [-0.25, -0.2) is 0 Å². The van der Waals surface area contributed by atoms with Crippen LogP contribution in [0.4, 0.5) is 0 Å². The number of hydrogen-bond acceptors (Lipinski definition) is 3. The molecule has 0 aliphatic rings. The summed E-state index contributed by atoms with van der Waals surface area (Å²) in [5, 5.41) is 2.69. The first-order valence-electron chi connectivity index (χ1n) is 6.49. The molecule has 1 aromatic rings. The van der Waals surface area contributed by atoms with Crippen LogP contribution in [-0.4, -0.2) is 18.2 Å². The number of amides is 1. The van der Waals surface area contributed by atoms with E-state index < -0.39 is 0 Å². The maximum Gasteiger partial charge on any atom is 0.220 e. The number of thiophene rings is 1. The minimum absolute atomic E-state index is 0.00462. The summed E-state index contributed by atoms with van der Waals surface area (Å²) < 4.78 is 0. The monoisotopic (exact) mass is 267 g/mol. The van der Waals surface area contributed by atoms with Gasteiger partial charge in [-0.15, -0.1) is 11.3 Å². The van der Waals surface area contributed by atoms with E-state index in [4.69, 9.17) is 0 Å². The first-order chi connectivity index (χ1) is 8.63. The molecule has 0 saturated heterocycles. The fourth-order valence-corrected chi connectivity index (χ4v) is 2.46. The number of Topliss-reactive ketones (excluding diaryl/α,β-unsaturated/α-hetero) is 1. The van der Waals surface area contributed by atoms with Crippen LogP contribution in [0.3, 0.4) is 0 Å². The molecule has 0 fully saturated rings. The summed E-state index contributed by atoms with van der Waals surface area (Å²) in [7, 11) is 0. The van der Waals surface area contributed by atoms with E-state index >= 15 is 0 Å². The maximum atomic E-state index is 11.7. The van der Waals surface area contributed by atoms with Gasteiger partial charge in [-0.1, -0.05) is 26.2 Å². The topological polar surface area (TPSA) is 46.2 Å².